The van der Waals surface area contributed by atoms with E-state index in [1.807, 2.05) is 6.92 Å². The molecule has 0 atom stereocenters. The van der Waals surface area contributed by atoms with Gasteiger partial charge in [0.15, 0.2) is 0 Å². The maximum absolute atomic E-state index is 5.54. The van der Waals surface area contributed by atoms with Crippen LogP contribution >= 0.6 is 0 Å². The number of aliphatic imine (C=N–C) groups is 1. The smallest absolute Gasteiger partial charge is 0.0699 e. The fraction of sp³-hybridized carbons (Fsp3) is 0.500. The molecule has 0 unspecified atom stereocenters. The second-order valence-corrected chi connectivity index (χ2v) is 1.80. The van der Waals surface area contributed by atoms with Crippen LogP contribution in [0.4, 0.5) is 0 Å². The van der Waals surface area contributed by atoms with Crippen LogP contribution in [0, 0.1) is 0 Å². The Kier molecular flexibility index (Phi) is 4.32. The Morgan fingerprint density at radius 2 is 2.20 bits per heavy atom. The van der Waals surface area contributed by atoms with E-state index in [1.165, 1.54) is 0 Å². The monoisotopic (exact) mass is 142 g/mol. The summed E-state index contributed by atoms with van der Waals surface area (Å²) < 4.78 is 0. The van der Waals surface area contributed by atoms with Gasteiger partial charge < -0.3 is 11.2 Å². The topological polar surface area (TPSA) is 62.4 Å². The molecule has 10 heavy (non-hydrogen) atoms. The number of nitrogens with two attached hydrogens (primary N) is 1. The van der Waals surface area contributed by atoms with Crippen molar-refractivity contribution in [3.05, 3.63) is 11.9 Å². The van der Waals surface area contributed by atoms with Gasteiger partial charge in [-0.25, -0.2) is 5.43 Å². The van der Waals surface area contributed by atoms with Crippen LogP contribution in [-0.4, -0.2) is 19.8 Å². The summed E-state index contributed by atoms with van der Waals surface area (Å²) in [5.41, 5.74) is 12.5. The average molecular weight is 142 g/mol. The first-order valence-corrected chi connectivity index (χ1v) is 3.04. The van der Waals surface area contributed by atoms with E-state index in [-0.39, 0.29) is 0 Å². The molecule has 0 aromatic rings. The molecule has 0 spiro atoms. The summed E-state index contributed by atoms with van der Waals surface area (Å²) in [5.74, 6) is 0. The second kappa shape index (κ2) is 4.81. The van der Waals surface area contributed by atoms with E-state index >= 15 is 0 Å². The summed E-state index contributed by atoms with van der Waals surface area (Å²) >= 11 is 0. The molecule has 0 amide bonds. The van der Waals surface area contributed by atoms with E-state index in [0.717, 1.165) is 5.71 Å². The lowest BCUT2D eigenvalue weighted by atomic mass is 10.3. The van der Waals surface area contributed by atoms with Gasteiger partial charge >= 0.3 is 0 Å². The summed E-state index contributed by atoms with van der Waals surface area (Å²) in [6.45, 7) is 1.85. The second-order valence-electron chi connectivity index (χ2n) is 1.80. The van der Waals surface area contributed by atoms with Crippen LogP contribution in [-0.2, 0) is 0 Å². The molecule has 0 saturated carbocycles. The highest BCUT2D eigenvalue weighted by Crippen LogP contribution is 1.84. The molecule has 0 bridgehead atoms. The molecule has 0 aromatic carbocycles. The van der Waals surface area contributed by atoms with E-state index in [4.69, 9.17) is 5.73 Å². The summed E-state index contributed by atoms with van der Waals surface area (Å²) in [7, 11) is 3.47. The Morgan fingerprint density at radius 1 is 1.60 bits per heavy atom. The van der Waals surface area contributed by atoms with Crippen LogP contribution in [0.1, 0.15) is 6.92 Å². The fourth-order valence-electron chi connectivity index (χ4n) is 0.383. The Labute approximate surface area is 61.2 Å². The van der Waals surface area contributed by atoms with Crippen LogP contribution < -0.4 is 16.6 Å². The van der Waals surface area contributed by atoms with Gasteiger partial charge in [-0.1, -0.05) is 0 Å². The van der Waals surface area contributed by atoms with Crippen molar-refractivity contribution in [2.24, 2.45) is 10.7 Å². The van der Waals surface area contributed by atoms with Crippen LogP contribution in [0.3, 0.4) is 0 Å². The van der Waals surface area contributed by atoms with Gasteiger partial charge in [0, 0.05) is 20.3 Å². The van der Waals surface area contributed by atoms with Crippen LogP contribution in [0.2, 0.25) is 0 Å². The van der Waals surface area contributed by atoms with Gasteiger partial charge in [-0.05, 0) is 6.92 Å². The van der Waals surface area contributed by atoms with Crippen LogP contribution in [0.25, 0.3) is 0 Å². The minimum atomic E-state index is 0.636. The minimum absolute atomic E-state index is 0.636. The predicted octanol–water partition coefficient (Wildman–Crippen LogP) is -0.399. The summed E-state index contributed by atoms with van der Waals surface area (Å²) in [6, 6.07) is 0. The fourth-order valence-corrected chi connectivity index (χ4v) is 0.383. The zero-order valence-corrected chi connectivity index (χ0v) is 6.60. The average Bonchev–Trinajstić information content (AvgIpc) is 1.98. The lowest BCUT2D eigenvalue weighted by Crippen LogP contribution is -2.24. The molecule has 4 heteroatoms. The van der Waals surface area contributed by atoms with Gasteiger partial charge in [-0.2, -0.15) is 0 Å². The zero-order chi connectivity index (χ0) is 7.98. The van der Waals surface area contributed by atoms with Gasteiger partial charge in [0.05, 0.1) is 11.4 Å². The molecule has 0 aliphatic rings. The first-order chi connectivity index (χ1) is 4.72. The van der Waals surface area contributed by atoms with Crippen molar-refractivity contribution in [1.82, 2.24) is 10.9 Å². The van der Waals surface area contributed by atoms with Gasteiger partial charge in [-0.15, -0.1) is 0 Å². The Hall–Kier alpha value is -1.03. The number of nitrogens with zero attached hydrogens (tertiary/aromatic N) is 1. The van der Waals surface area contributed by atoms with Crippen LogP contribution in [0.15, 0.2) is 16.9 Å². The van der Waals surface area contributed by atoms with Gasteiger partial charge in [0.25, 0.3) is 0 Å². The van der Waals surface area contributed by atoms with Crippen molar-refractivity contribution in [2.45, 2.75) is 6.92 Å². The molecule has 4 N–H and O–H groups in total. The molecule has 0 aliphatic carbocycles. The van der Waals surface area contributed by atoms with Crippen molar-refractivity contribution in [3.63, 3.8) is 0 Å². The largest absolute Gasteiger partial charge is 0.396 e. The van der Waals surface area contributed by atoms with Crippen molar-refractivity contribution in [2.75, 3.05) is 14.1 Å². The number of rotatable bonds is 3. The maximum Gasteiger partial charge on any atom is 0.0699 e. The maximum atomic E-state index is 5.54. The molecule has 58 valence electrons. The molecule has 0 saturated heterocycles. The van der Waals surface area contributed by atoms with Gasteiger partial charge in [0.1, 0.15) is 0 Å². The van der Waals surface area contributed by atoms with Crippen molar-refractivity contribution >= 4 is 5.71 Å². The van der Waals surface area contributed by atoms with Crippen molar-refractivity contribution in [1.29, 1.82) is 0 Å². The number of hydrazine groups is 1. The number of hydrogen-bond donors (Lipinski definition) is 3. The van der Waals surface area contributed by atoms with E-state index in [1.54, 1.807) is 20.3 Å². The van der Waals surface area contributed by atoms with Crippen LogP contribution in [0.5, 0.6) is 0 Å². The Morgan fingerprint density at radius 3 is 2.60 bits per heavy atom. The molecule has 0 rings (SSSR count). The third kappa shape index (κ3) is 3.09. The Balaban J connectivity index is 3.93. The van der Waals surface area contributed by atoms with Crippen molar-refractivity contribution in [3.8, 4) is 0 Å². The predicted molar refractivity (Wildman–Crippen MR) is 43.5 cm³/mol. The molecule has 0 radical (unpaired) electrons. The highest BCUT2D eigenvalue weighted by molar-refractivity contribution is 5.97. The first-order valence-electron chi connectivity index (χ1n) is 3.04. The number of nitrogens with one attached hydrogen (secondary N) is 2. The lowest BCUT2D eigenvalue weighted by Gasteiger charge is -2.00. The van der Waals surface area contributed by atoms with Gasteiger partial charge in [0.2, 0.25) is 0 Å². The SMILES string of the molecule is CN=C(C)C(N)=CNNC. The highest BCUT2D eigenvalue weighted by atomic mass is 15.3. The summed E-state index contributed by atoms with van der Waals surface area (Å²) in [4.78, 5) is 3.90. The molecular weight excluding hydrogens is 128 g/mol. The molecule has 0 aliphatic heterocycles. The third-order valence-electron chi connectivity index (χ3n) is 1.13. The normalized spacial score (nSPS) is 13.5. The van der Waals surface area contributed by atoms with E-state index in [2.05, 4.69) is 15.8 Å². The summed E-state index contributed by atoms with van der Waals surface area (Å²) in [6.07, 6.45) is 1.66. The summed E-state index contributed by atoms with van der Waals surface area (Å²) in [5, 5.41) is 0. The van der Waals surface area contributed by atoms with E-state index in [9.17, 15) is 0 Å². The van der Waals surface area contributed by atoms with E-state index < -0.39 is 0 Å². The molecular formula is C6H14N4. The highest BCUT2D eigenvalue weighted by Gasteiger charge is 1.90. The first kappa shape index (κ1) is 8.97. The molecule has 4 nitrogen and oxygen atoms in total. The lowest BCUT2D eigenvalue weighted by molar-refractivity contribution is 0.727. The quantitative estimate of drug-likeness (QED) is 0.371. The third-order valence-corrected chi connectivity index (χ3v) is 1.13. The van der Waals surface area contributed by atoms with Gasteiger partial charge in [-0.3, -0.25) is 4.99 Å². The number of allylic oxidation sites excluding steroid dienone is 1. The molecule has 0 aromatic heterocycles. The van der Waals surface area contributed by atoms with Crippen molar-refractivity contribution < 1.29 is 0 Å². The van der Waals surface area contributed by atoms with E-state index in [0.29, 0.717) is 5.70 Å². The molecule has 0 heterocycles. The molecule has 0 fully saturated rings. The minimum Gasteiger partial charge on any atom is -0.396 e. The zero-order valence-electron chi connectivity index (χ0n) is 6.60. The number of hydrogen-bond acceptors (Lipinski definition) is 4. The standard InChI is InChI=1S/C6H14N4/c1-5(8-2)6(7)4-10-9-3/h4,9-10H,7H2,1-3H3. The Bertz CT molecular complexity index is 148.